The van der Waals surface area contributed by atoms with Crippen LogP contribution in [-0.2, 0) is 28.6 Å². The van der Waals surface area contributed by atoms with Gasteiger partial charge >= 0.3 is 17.9 Å². The fraction of sp³-hybridized carbons (Fsp3) is 0.611. The lowest BCUT2D eigenvalue weighted by molar-refractivity contribution is -0.167. The monoisotopic (exact) mass is 831 g/mol. The summed E-state index contributed by atoms with van der Waals surface area (Å²) in [6.45, 7) is 6.25. The van der Waals surface area contributed by atoms with Gasteiger partial charge in [-0.15, -0.1) is 0 Å². The first-order valence-electron chi connectivity index (χ1n) is 24.0. The summed E-state index contributed by atoms with van der Waals surface area (Å²) in [5, 5.41) is 0. The molecule has 0 amide bonds. The number of carbonyl (C=O) groups is 3. The van der Waals surface area contributed by atoms with Crippen molar-refractivity contribution in [1.29, 1.82) is 0 Å². The first-order valence-corrected chi connectivity index (χ1v) is 24.0. The van der Waals surface area contributed by atoms with Gasteiger partial charge in [-0.3, -0.25) is 14.4 Å². The normalized spacial score (nSPS) is 13.1. The van der Waals surface area contributed by atoms with E-state index in [1.807, 2.05) is 36.5 Å². The molecule has 0 aliphatic heterocycles. The molecule has 1 atom stereocenters. The van der Waals surface area contributed by atoms with Gasteiger partial charge in [0.25, 0.3) is 0 Å². The minimum absolute atomic E-state index is 0.120. The van der Waals surface area contributed by atoms with Crippen LogP contribution < -0.4 is 0 Å². The van der Waals surface area contributed by atoms with Crippen molar-refractivity contribution in [1.82, 2.24) is 0 Å². The van der Waals surface area contributed by atoms with Gasteiger partial charge in [0.2, 0.25) is 0 Å². The molecule has 1 unspecified atom stereocenters. The molecule has 0 bridgehead atoms. The Balaban J connectivity index is 4.51. The van der Waals surface area contributed by atoms with Gasteiger partial charge in [0.05, 0.1) is 0 Å². The predicted octanol–water partition coefficient (Wildman–Crippen LogP) is 15.6. The summed E-state index contributed by atoms with van der Waals surface area (Å²) < 4.78 is 16.6. The summed E-state index contributed by atoms with van der Waals surface area (Å²) in [5.41, 5.74) is 0. The molecule has 0 N–H and O–H groups in total. The maximum Gasteiger partial charge on any atom is 0.306 e. The molecule has 0 saturated heterocycles. The van der Waals surface area contributed by atoms with Crippen molar-refractivity contribution >= 4 is 17.9 Å². The third-order valence-corrected chi connectivity index (χ3v) is 9.61. The molecule has 0 fully saturated rings. The van der Waals surface area contributed by atoms with Gasteiger partial charge in [0, 0.05) is 19.3 Å². The summed E-state index contributed by atoms with van der Waals surface area (Å²) in [4.78, 5) is 37.8. The van der Waals surface area contributed by atoms with Crippen LogP contribution in [0, 0.1) is 0 Å². The van der Waals surface area contributed by atoms with Gasteiger partial charge in [0.15, 0.2) is 6.10 Å². The predicted molar refractivity (Wildman–Crippen MR) is 256 cm³/mol. The van der Waals surface area contributed by atoms with Crippen molar-refractivity contribution in [2.24, 2.45) is 0 Å². The van der Waals surface area contributed by atoms with Gasteiger partial charge < -0.3 is 14.2 Å². The van der Waals surface area contributed by atoms with Crippen LogP contribution in [0.3, 0.4) is 0 Å². The average Bonchev–Trinajstić information content (AvgIpc) is 3.24. The van der Waals surface area contributed by atoms with Gasteiger partial charge in [0.1, 0.15) is 13.2 Å². The molecule has 6 nitrogen and oxygen atoms in total. The Bertz CT molecular complexity index is 1280. The first kappa shape index (κ1) is 56.1. The second-order valence-corrected chi connectivity index (χ2v) is 15.4. The molecule has 0 radical (unpaired) electrons. The maximum absolute atomic E-state index is 12.7. The second kappa shape index (κ2) is 47.7. The summed E-state index contributed by atoms with van der Waals surface area (Å²) in [6, 6.07) is 0. The van der Waals surface area contributed by atoms with E-state index in [2.05, 4.69) is 93.7 Å². The highest BCUT2D eigenvalue weighted by Crippen LogP contribution is 2.12. The molecule has 60 heavy (non-hydrogen) atoms. The maximum atomic E-state index is 12.7. The molecular formula is C54H86O6. The zero-order valence-corrected chi connectivity index (χ0v) is 38.4. The molecule has 0 aliphatic carbocycles. The Morgan fingerprint density at radius 1 is 0.367 bits per heavy atom. The molecule has 0 aliphatic rings. The Labute approximate surface area is 368 Å². The Hall–Kier alpha value is -3.93. The van der Waals surface area contributed by atoms with Crippen LogP contribution in [0.2, 0.25) is 0 Å². The lowest BCUT2D eigenvalue weighted by atomic mass is 10.1. The first-order chi connectivity index (χ1) is 29.5. The fourth-order valence-corrected chi connectivity index (χ4v) is 6.05. The number of hydrogen-bond donors (Lipinski definition) is 0. The van der Waals surface area contributed by atoms with Crippen LogP contribution in [0.4, 0.5) is 0 Å². The van der Waals surface area contributed by atoms with Gasteiger partial charge in [-0.1, -0.05) is 194 Å². The van der Waals surface area contributed by atoms with Crippen LogP contribution in [-0.4, -0.2) is 37.2 Å². The van der Waals surface area contributed by atoms with Gasteiger partial charge in [-0.25, -0.2) is 0 Å². The third kappa shape index (κ3) is 45.2. The molecule has 0 saturated carbocycles. The standard InChI is InChI=1S/C54H86O6/c1-4-7-10-13-16-19-22-24-25-26-27-28-30-32-35-38-41-44-47-53(56)59-50-51(49-58-52(55)46-43-40-37-34-31-21-18-15-12-9-6-3)60-54(57)48-45-42-39-36-33-29-23-20-17-14-11-8-5-2/h8-9,11-12,14,17-18,20-21,23,25-29,33-34,37,51H,4-7,10,13,15-16,19,22,24,30-32,35-36,38-50H2,1-3H3/b11-8-,12-9-,17-14-,21-18-,23-20-,26-25-,28-27-,33-29-,37-34-. The van der Waals surface area contributed by atoms with E-state index in [4.69, 9.17) is 14.2 Å². The Morgan fingerprint density at radius 3 is 1.30 bits per heavy atom. The largest absolute Gasteiger partial charge is 0.462 e. The molecule has 6 heteroatoms. The Morgan fingerprint density at radius 2 is 0.750 bits per heavy atom. The van der Waals surface area contributed by atoms with Gasteiger partial charge in [-0.2, -0.15) is 0 Å². The van der Waals surface area contributed by atoms with Gasteiger partial charge in [-0.05, 0) is 89.9 Å². The van der Waals surface area contributed by atoms with E-state index in [0.29, 0.717) is 19.3 Å². The number of hydrogen-bond acceptors (Lipinski definition) is 6. The van der Waals surface area contributed by atoms with Crippen molar-refractivity contribution < 1.29 is 28.6 Å². The highest BCUT2D eigenvalue weighted by atomic mass is 16.6. The number of carbonyl (C=O) groups excluding carboxylic acids is 3. The van der Waals surface area contributed by atoms with Crippen molar-refractivity contribution in [3.8, 4) is 0 Å². The van der Waals surface area contributed by atoms with E-state index in [-0.39, 0.29) is 44.0 Å². The van der Waals surface area contributed by atoms with Crippen LogP contribution in [0.1, 0.15) is 194 Å². The zero-order chi connectivity index (χ0) is 43.7. The van der Waals surface area contributed by atoms with E-state index in [1.54, 1.807) is 0 Å². The van der Waals surface area contributed by atoms with E-state index < -0.39 is 6.10 Å². The highest BCUT2D eigenvalue weighted by molar-refractivity contribution is 5.71. The average molecular weight is 831 g/mol. The van der Waals surface area contributed by atoms with E-state index in [9.17, 15) is 14.4 Å². The lowest BCUT2D eigenvalue weighted by Gasteiger charge is -2.18. The minimum Gasteiger partial charge on any atom is -0.462 e. The summed E-state index contributed by atoms with van der Waals surface area (Å²) in [5.74, 6) is -1.04. The topological polar surface area (TPSA) is 78.9 Å². The molecular weight excluding hydrogens is 745 g/mol. The summed E-state index contributed by atoms with van der Waals surface area (Å²) in [6.07, 6.45) is 63.7. The van der Waals surface area contributed by atoms with Crippen LogP contribution in [0.25, 0.3) is 0 Å². The molecule has 0 rings (SSSR count). The number of unbranched alkanes of at least 4 members (excludes halogenated alkanes) is 16. The fourth-order valence-electron chi connectivity index (χ4n) is 6.05. The summed E-state index contributed by atoms with van der Waals surface area (Å²) in [7, 11) is 0. The van der Waals surface area contributed by atoms with Crippen LogP contribution >= 0.6 is 0 Å². The smallest absolute Gasteiger partial charge is 0.306 e. The minimum atomic E-state index is -0.825. The Kier molecular flexibility index (Phi) is 44.6. The number of esters is 3. The van der Waals surface area contributed by atoms with Crippen molar-refractivity contribution in [3.63, 3.8) is 0 Å². The van der Waals surface area contributed by atoms with Crippen LogP contribution in [0.5, 0.6) is 0 Å². The highest BCUT2D eigenvalue weighted by Gasteiger charge is 2.19. The number of rotatable bonds is 41. The van der Waals surface area contributed by atoms with Crippen LogP contribution in [0.15, 0.2) is 109 Å². The van der Waals surface area contributed by atoms with Crippen molar-refractivity contribution in [2.75, 3.05) is 13.2 Å². The van der Waals surface area contributed by atoms with E-state index >= 15 is 0 Å². The van der Waals surface area contributed by atoms with Crippen molar-refractivity contribution in [2.45, 2.75) is 200 Å². The second-order valence-electron chi connectivity index (χ2n) is 15.4. The van der Waals surface area contributed by atoms with Crippen molar-refractivity contribution in [3.05, 3.63) is 109 Å². The molecule has 0 aromatic rings. The third-order valence-electron chi connectivity index (χ3n) is 9.61. The zero-order valence-electron chi connectivity index (χ0n) is 38.4. The molecule has 0 aromatic heterocycles. The summed E-state index contributed by atoms with van der Waals surface area (Å²) >= 11 is 0. The molecule has 338 valence electrons. The molecule has 0 aromatic carbocycles. The quantitative estimate of drug-likeness (QED) is 0.0201. The molecule has 0 heterocycles. The number of allylic oxidation sites excluding steroid dienone is 18. The number of ether oxygens (including phenoxy) is 3. The molecule has 0 spiro atoms. The SMILES string of the molecule is CC\C=C/C=C\C=C/C=C\CCCCCC(=O)OC(COC(=O)CCC/C=C\C/C=C\C/C=C\CC)COC(=O)CCCCCCC/C=C\C=C/CCCCCCCCC. The lowest BCUT2D eigenvalue weighted by Crippen LogP contribution is -2.30. The van der Waals surface area contributed by atoms with E-state index in [1.165, 1.54) is 51.4 Å². The van der Waals surface area contributed by atoms with E-state index in [0.717, 1.165) is 89.9 Å².